The van der Waals surface area contributed by atoms with E-state index >= 15 is 0 Å². The van der Waals surface area contributed by atoms with Gasteiger partial charge in [0.15, 0.2) is 5.65 Å². The van der Waals surface area contributed by atoms with Gasteiger partial charge < -0.3 is 4.90 Å². The van der Waals surface area contributed by atoms with Crippen molar-refractivity contribution in [2.75, 3.05) is 4.90 Å². The van der Waals surface area contributed by atoms with Crippen LogP contribution in [0.5, 0.6) is 0 Å². The monoisotopic (exact) mass is 419 g/mol. The maximum Gasteiger partial charge on any atom is 0.258 e. The van der Waals surface area contributed by atoms with Crippen LogP contribution in [0.15, 0.2) is 89.2 Å². The highest BCUT2D eigenvalue weighted by molar-refractivity contribution is 5.91. The zero-order valence-corrected chi connectivity index (χ0v) is 17.1. The molecule has 32 heavy (non-hydrogen) atoms. The molecule has 0 bridgehead atoms. The van der Waals surface area contributed by atoms with Gasteiger partial charge in [-0.25, -0.2) is 14.5 Å². The highest BCUT2D eigenvalue weighted by Gasteiger charge is 2.14. The fraction of sp³-hybridized carbons (Fsp3) is 0.0417. The number of rotatable bonds is 2. The highest BCUT2D eigenvalue weighted by atomic mass is 16.1. The summed E-state index contributed by atoms with van der Waals surface area (Å²) in [7, 11) is 0. The molecule has 0 fully saturated rings. The minimum atomic E-state index is -0.182. The van der Waals surface area contributed by atoms with E-state index in [0.29, 0.717) is 17.0 Å². The van der Waals surface area contributed by atoms with Crippen molar-refractivity contribution in [3.05, 3.63) is 101 Å². The van der Waals surface area contributed by atoms with Crippen LogP contribution in [0.3, 0.4) is 0 Å². The summed E-state index contributed by atoms with van der Waals surface area (Å²) in [4.78, 5) is 28.4. The van der Waals surface area contributed by atoms with Gasteiger partial charge in [0.1, 0.15) is 11.3 Å². The number of imidazole rings is 1. The Balaban J connectivity index is 1.45. The standard InChI is InChI=1S/C24H17N7O/c1-16-14-31-23(26-16)9-7-19(28-31)20-12-24(32)30-15-18(6-8-22(30)27-20)29-11-10-25-13-17-4-2-3-5-21(17)29/h2-15H,1H3. The van der Waals surface area contributed by atoms with E-state index < -0.39 is 0 Å². The number of aliphatic imine (C=N–C) groups is 1. The number of para-hydroxylation sites is 1. The third-order valence-corrected chi connectivity index (χ3v) is 5.34. The van der Waals surface area contributed by atoms with Crippen molar-refractivity contribution in [1.82, 2.24) is 24.0 Å². The van der Waals surface area contributed by atoms with Crippen LogP contribution in [0, 0.1) is 6.92 Å². The van der Waals surface area contributed by atoms with E-state index in [1.807, 2.05) is 79.0 Å². The average Bonchev–Trinajstić information content (AvgIpc) is 3.04. The second-order valence-corrected chi connectivity index (χ2v) is 7.50. The van der Waals surface area contributed by atoms with Crippen LogP contribution >= 0.6 is 0 Å². The Bertz CT molecular complexity index is 1630. The second-order valence-electron chi connectivity index (χ2n) is 7.50. The van der Waals surface area contributed by atoms with Crippen molar-refractivity contribution >= 4 is 28.9 Å². The Labute approximate surface area is 182 Å². The third-order valence-electron chi connectivity index (χ3n) is 5.34. The van der Waals surface area contributed by atoms with Crippen LogP contribution in [-0.4, -0.2) is 30.2 Å². The molecule has 0 amide bonds. The first-order valence-corrected chi connectivity index (χ1v) is 10.1. The molecule has 0 unspecified atom stereocenters. The van der Waals surface area contributed by atoms with E-state index in [0.717, 1.165) is 28.3 Å². The molecule has 6 rings (SSSR count). The molecular formula is C24H17N7O. The van der Waals surface area contributed by atoms with E-state index in [1.54, 1.807) is 21.3 Å². The van der Waals surface area contributed by atoms with Crippen LogP contribution < -0.4 is 10.5 Å². The number of anilines is 2. The zero-order valence-electron chi connectivity index (χ0n) is 17.1. The summed E-state index contributed by atoms with van der Waals surface area (Å²) in [6, 6.07) is 16.9. The van der Waals surface area contributed by atoms with Crippen LogP contribution in [0.2, 0.25) is 0 Å². The van der Waals surface area contributed by atoms with Crippen molar-refractivity contribution in [3.63, 3.8) is 0 Å². The fourth-order valence-corrected chi connectivity index (χ4v) is 3.85. The maximum absolute atomic E-state index is 13.0. The quantitative estimate of drug-likeness (QED) is 0.435. The Morgan fingerprint density at radius 3 is 2.69 bits per heavy atom. The maximum atomic E-state index is 13.0. The molecule has 5 heterocycles. The Morgan fingerprint density at radius 2 is 1.75 bits per heavy atom. The van der Waals surface area contributed by atoms with Gasteiger partial charge in [-0.2, -0.15) is 5.10 Å². The lowest BCUT2D eigenvalue weighted by Gasteiger charge is -2.21. The van der Waals surface area contributed by atoms with Gasteiger partial charge in [0.05, 0.1) is 29.0 Å². The molecule has 8 nitrogen and oxygen atoms in total. The summed E-state index contributed by atoms with van der Waals surface area (Å²) in [5, 5.41) is 4.55. The number of hydrogen-bond acceptors (Lipinski definition) is 6. The molecule has 5 aromatic rings. The SMILES string of the molecule is Cc1cn2nc(-c3cc(=O)n4cc(N5C=CN=Cc6ccccc65)ccc4n3)ccc2n1. The lowest BCUT2D eigenvalue weighted by atomic mass is 10.1. The van der Waals surface area contributed by atoms with Gasteiger partial charge in [0.25, 0.3) is 5.56 Å². The van der Waals surface area contributed by atoms with Gasteiger partial charge in [-0.3, -0.25) is 14.2 Å². The van der Waals surface area contributed by atoms with E-state index in [1.165, 1.54) is 6.07 Å². The summed E-state index contributed by atoms with van der Waals surface area (Å²) in [6.07, 6.45) is 9.06. The normalized spacial score (nSPS) is 13.0. The molecule has 154 valence electrons. The summed E-state index contributed by atoms with van der Waals surface area (Å²) in [5.41, 5.74) is 5.93. The Hall–Kier alpha value is -4.59. The van der Waals surface area contributed by atoms with E-state index in [4.69, 9.17) is 0 Å². The van der Waals surface area contributed by atoms with E-state index in [2.05, 4.69) is 20.1 Å². The molecule has 0 atom stereocenters. The number of pyridine rings is 1. The second kappa shape index (κ2) is 6.98. The molecule has 0 N–H and O–H groups in total. The lowest BCUT2D eigenvalue weighted by Crippen LogP contribution is -2.17. The average molecular weight is 419 g/mol. The summed E-state index contributed by atoms with van der Waals surface area (Å²) >= 11 is 0. The molecule has 1 aliphatic rings. The molecule has 4 aromatic heterocycles. The number of aryl methyl sites for hydroxylation is 1. The van der Waals surface area contributed by atoms with Gasteiger partial charge in [-0.05, 0) is 37.3 Å². The smallest absolute Gasteiger partial charge is 0.258 e. The molecule has 0 aliphatic carbocycles. The molecular weight excluding hydrogens is 402 g/mol. The fourth-order valence-electron chi connectivity index (χ4n) is 3.85. The largest absolute Gasteiger partial charge is 0.314 e. The van der Waals surface area contributed by atoms with Crippen molar-refractivity contribution < 1.29 is 0 Å². The van der Waals surface area contributed by atoms with Crippen molar-refractivity contribution in [3.8, 4) is 11.4 Å². The highest BCUT2D eigenvalue weighted by Crippen LogP contribution is 2.29. The minimum Gasteiger partial charge on any atom is -0.314 e. The molecule has 0 spiro atoms. The first-order chi connectivity index (χ1) is 15.7. The van der Waals surface area contributed by atoms with Crippen LogP contribution in [-0.2, 0) is 0 Å². The number of fused-ring (bicyclic) bond motifs is 3. The minimum absolute atomic E-state index is 0.182. The summed E-state index contributed by atoms with van der Waals surface area (Å²) in [5.74, 6) is 0. The van der Waals surface area contributed by atoms with Gasteiger partial charge >= 0.3 is 0 Å². The number of benzene rings is 1. The third kappa shape index (κ3) is 2.97. The number of hydrogen-bond donors (Lipinski definition) is 0. The number of nitrogens with zero attached hydrogens (tertiary/aromatic N) is 7. The first-order valence-electron chi connectivity index (χ1n) is 10.1. The Morgan fingerprint density at radius 1 is 0.875 bits per heavy atom. The Kier molecular flexibility index (Phi) is 3.97. The van der Waals surface area contributed by atoms with Gasteiger partial charge in [0.2, 0.25) is 0 Å². The van der Waals surface area contributed by atoms with Gasteiger partial charge in [-0.15, -0.1) is 0 Å². The van der Waals surface area contributed by atoms with Gasteiger partial charge in [0, 0.05) is 36.4 Å². The predicted octanol–water partition coefficient (Wildman–Crippen LogP) is 3.75. The van der Waals surface area contributed by atoms with Crippen LogP contribution in [0.4, 0.5) is 11.4 Å². The van der Waals surface area contributed by atoms with Crippen molar-refractivity contribution in [2.45, 2.75) is 6.92 Å². The number of aromatic nitrogens is 5. The van der Waals surface area contributed by atoms with Crippen LogP contribution in [0.25, 0.3) is 22.7 Å². The van der Waals surface area contributed by atoms with Crippen LogP contribution in [0.1, 0.15) is 11.3 Å². The molecule has 0 saturated heterocycles. The molecule has 1 aliphatic heterocycles. The molecule has 0 radical (unpaired) electrons. The van der Waals surface area contributed by atoms with Gasteiger partial charge in [-0.1, -0.05) is 18.2 Å². The predicted molar refractivity (Wildman–Crippen MR) is 123 cm³/mol. The summed E-state index contributed by atoms with van der Waals surface area (Å²) < 4.78 is 3.24. The molecule has 0 saturated carbocycles. The first kappa shape index (κ1) is 18.2. The van der Waals surface area contributed by atoms with Crippen molar-refractivity contribution in [2.24, 2.45) is 4.99 Å². The molecule has 1 aromatic carbocycles. The molecule has 8 heteroatoms. The van der Waals surface area contributed by atoms with Crippen molar-refractivity contribution in [1.29, 1.82) is 0 Å². The summed E-state index contributed by atoms with van der Waals surface area (Å²) in [6.45, 7) is 1.91. The zero-order chi connectivity index (χ0) is 21.7. The van der Waals surface area contributed by atoms with E-state index in [-0.39, 0.29) is 5.56 Å². The topological polar surface area (TPSA) is 80.2 Å². The lowest BCUT2D eigenvalue weighted by molar-refractivity contribution is 0.932. The van der Waals surface area contributed by atoms with E-state index in [9.17, 15) is 4.79 Å².